The van der Waals surface area contributed by atoms with Crippen molar-refractivity contribution in [3.63, 3.8) is 0 Å². The molecular formula is C32H31N4+. The number of aryl methyl sites for hydroxylation is 5. The van der Waals surface area contributed by atoms with Crippen molar-refractivity contribution in [3.05, 3.63) is 88.6 Å². The van der Waals surface area contributed by atoms with Crippen molar-refractivity contribution in [1.82, 2.24) is 14.0 Å². The van der Waals surface area contributed by atoms with Crippen molar-refractivity contribution >= 4 is 27.8 Å². The summed E-state index contributed by atoms with van der Waals surface area (Å²) < 4.78 is 7.21. The van der Waals surface area contributed by atoms with E-state index >= 15 is 0 Å². The summed E-state index contributed by atoms with van der Waals surface area (Å²) in [5.74, 6) is 1.00. The zero-order chi connectivity index (χ0) is 25.1. The van der Waals surface area contributed by atoms with Crippen molar-refractivity contribution in [2.24, 2.45) is 7.05 Å². The number of hydrogen-bond donors (Lipinski definition) is 0. The highest BCUT2D eigenvalue weighted by Crippen LogP contribution is 2.51. The van der Waals surface area contributed by atoms with Crippen LogP contribution >= 0.6 is 0 Å². The third kappa shape index (κ3) is 2.44. The Kier molecular flexibility index (Phi) is 4.07. The van der Waals surface area contributed by atoms with Crippen molar-refractivity contribution in [1.29, 1.82) is 0 Å². The van der Waals surface area contributed by atoms with Gasteiger partial charge in [-0.3, -0.25) is 8.97 Å². The van der Waals surface area contributed by atoms with Gasteiger partial charge in [-0.15, -0.1) is 0 Å². The van der Waals surface area contributed by atoms with Gasteiger partial charge >= 0.3 is 0 Å². The van der Waals surface area contributed by atoms with Crippen LogP contribution in [0.4, 0.5) is 0 Å². The van der Waals surface area contributed by atoms with Crippen molar-refractivity contribution in [3.8, 4) is 22.4 Å². The summed E-state index contributed by atoms with van der Waals surface area (Å²) in [5, 5.41) is 0. The number of benzene rings is 3. The van der Waals surface area contributed by atoms with Gasteiger partial charge in [0.1, 0.15) is 7.05 Å². The zero-order valence-corrected chi connectivity index (χ0v) is 22.1. The predicted molar refractivity (Wildman–Crippen MR) is 148 cm³/mol. The molecule has 0 spiro atoms. The largest absolute Gasteiger partial charge is 0.299 e. The molecule has 0 aliphatic carbocycles. The van der Waals surface area contributed by atoms with Gasteiger partial charge in [0, 0.05) is 11.1 Å². The summed E-state index contributed by atoms with van der Waals surface area (Å²) >= 11 is 0. The summed E-state index contributed by atoms with van der Waals surface area (Å²) in [5.41, 5.74) is 16.3. The van der Waals surface area contributed by atoms with Gasteiger partial charge in [-0.25, -0.2) is 9.55 Å². The molecule has 7 rings (SSSR count). The molecule has 1 aliphatic rings. The lowest BCUT2D eigenvalue weighted by atomic mass is 9.77. The van der Waals surface area contributed by atoms with Crippen LogP contribution in [0.5, 0.6) is 0 Å². The van der Waals surface area contributed by atoms with Gasteiger partial charge in [0.2, 0.25) is 11.5 Å². The van der Waals surface area contributed by atoms with Gasteiger partial charge in [0.15, 0.2) is 6.20 Å². The van der Waals surface area contributed by atoms with E-state index in [1.165, 1.54) is 61.2 Å². The number of aromatic nitrogens is 4. The van der Waals surface area contributed by atoms with E-state index in [0.29, 0.717) is 0 Å². The number of pyridine rings is 1. The fraction of sp³-hybridized carbons (Fsp3) is 0.250. The Hall–Kier alpha value is -3.92. The Morgan fingerprint density at radius 3 is 2.17 bits per heavy atom. The number of hydrogen-bond acceptors (Lipinski definition) is 1. The second-order valence-corrected chi connectivity index (χ2v) is 11.0. The van der Waals surface area contributed by atoms with Crippen LogP contribution in [0.3, 0.4) is 0 Å². The molecule has 0 saturated carbocycles. The van der Waals surface area contributed by atoms with Gasteiger partial charge < -0.3 is 0 Å². The molecule has 0 radical (unpaired) electrons. The van der Waals surface area contributed by atoms with Crippen LogP contribution in [-0.2, 0) is 12.6 Å². The fourth-order valence-electron chi connectivity index (χ4n) is 6.87. The van der Waals surface area contributed by atoms with E-state index in [1.807, 2.05) is 0 Å². The minimum Gasteiger partial charge on any atom is -0.299 e. The van der Waals surface area contributed by atoms with Crippen LogP contribution in [0.1, 0.15) is 41.7 Å². The molecule has 4 heteroatoms. The van der Waals surface area contributed by atoms with Gasteiger partial charge in [0.05, 0.1) is 38.7 Å². The standard InChI is InChI=1S/C32H31N4/c1-18-11-10-12-19(2)25(18)26-21(4)17-34(7)30-27-20(3)15-16-24-29(27)36(32(5,6)28(26)30)31-33-22-13-8-9-14-23(22)35(24)31/h8-17H,1-7H3/q+1. The quantitative estimate of drug-likeness (QED) is 0.239. The Balaban J connectivity index is 1.76. The topological polar surface area (TPSA) is 26.1 Å². The Morgan fingerprint density at radius 2 is 1.42 bits per heavy atom. The number of fused-ring (bicyclic) bond motifs is 7. The normalized spacial score (nSPS) is 14.2. The minimum atomic E-state index is -0.325. The third-order valence-electron chi connectivity index (χ3n) is 8.33. The van der Waals surface area contributed by atoms with Gasteiger partial charge in [0.25, 0.3) is 0 Å². The third-order valence-corrected chi connectivity index (χ3v) is 8.33. The summed E-state index contributed by atoms with van der Waals surface area (Å²) in [6, 6.07) is 19.7. The molecule has 1 aliphatic heterocycles. The van der Waals surface area contributed by atoms with E-state index in [9.17, 15) is 0 Å². The van der Waals surface area contributed by atoms with E-state index in [2.05, 4.69) is 123 Å². The molecule has 0 fully saturated rings. The second kappa shape index (κ2) is 6.85. The van der Waals surface area contributed by atoms with Crippen molar-refractivity contribution in [2.45, 2.75) is 47.1 Å². The SMILES string of the molecule is Cc1cccc(C)c1-c1c(C)c[n+](C)c2c1C(C)(C)n1c3c-2c(C)ccc3n2c3ccccc3nc12. The molecule has 3 aromatic heterocycles. The van der Waals surface area contributed by atoms with Gasteiger partial charge in [-0.2, -0.15) is 0 Å². The monoisotopic (exact) mass is 471 g/mol. The van der Waals surface area contributed by atoms with E-state index in [1.54, 1.807) is 0 Å². The maximum absolute atomic E-state index is 5.20. The molecule has 0 amide bonds. The first-order valence-corrected chi connectivity index (χ1v) is 12.7. The van der Waals surface area contributed by atoms with E-state index in [4.69, 9.17) is 4.98 Å². The maximum atomic E-state index is 5.20. The van der Waals surface area contributed by atoms with E-state index < -0.39 is 0 Å². The number of para-hydroxylation sites is 2. The molecule has 0 bridgehead atoms. The molecular weight excluding hydrogens is 440 g/mol. The molecule has 3 aromatic carbocycles. The molecule has 36 heavy (non-hydrogen) atoms. The average molecular weight is 472 g/mol. The Bertz CT molecular complexity index is 1890. The maximum Gasteiger partial charge on any atom is 0.220 e. The Morgan fingerprint density at radius 1 is 0.722 bits per heavy atom. The second-order valence-electron chi connectivity index (χ2n) is 11.0. The average Bonchev–Trinajstić information content (AvgIpc) is 3.35. The fourth-order valence-corrected chi connectivity index (χ4v) is 6.87. The summed E-state index contributed by atoms with van der Waals surface area (Å²) in [6.45, 7) is 13.7. The van der Waals surface area contributed by atoms with E-state index in [-0.39, 0.29) is 5.54 Å². The van der Waals surface area contributed by atoms with Crippen LogP contribution in [0.25, 0.3) is 50.2 Å². The van der Waals surface area contributed by atoms with Crippen LogP contribution in [0.2, 0.25) is 0 Å². The van der Waals surface area contributed by atoms with Crippen LogP contribution in [0.15, 0.2) is 60.8 Å². The van der Waals surface area contributed by atoms with Crippen LogP contribution in [-0.4, -0.2) is 14.0 Å². The zero-order valence-electron chi connectivity index (χ0n) is 22.1. The molecule has 4 heterocycles. The smallest absolute Gasteiger partial charge is 0.220 e. The first-order valence-electron chi connectivity index (χ1n) is 12.7. The van der Waals surface area contributed by atoms with Gasteiger partial charge in [-0.1, -0.05) is 36.4 Å². The highest BCUT2D eigenvalue weighted by Gasteiger charge is 2.44. The highest BCUT2D eigenvalue weighted by atomic mass is 15.2. The summed E-state index contributed by atoms with van der Waals surface area (Å²) in [4.78, 5) is 5.20. The Labute approximate surface area is 211 Å². The lowest BCUT2D eigenvalue weighted by Gasteiger charge is -2.36. The van der Waals surface area contributed by atoms with E-state index in [0.717, 1.165) is 16.8 Å². The molecule has 4 nitrogen and oxygen atoms in total. The van der Waals surface area contributed by atoms with Crippen LogP contribution < -0.4 is 4.57 Å². The predicted octanol–water partition coefficient (Wildman–Crippen LogP) is 6.93. The molecule has 0 N–H and O–H groups in total. The summed E-state index contributed by atoms with van der Waals surface area (Å²) in [6.07, 6.45) is 2.31. The first kappa shape index (κ1) is 21.4. The van der Waals surface area contributed by atoms with Gasteiger partial charge in [-0.05, 0) is 82.0 Å². The molecule has 6 aromatic rings. The van der Waals surface area contributed by atoms with Crippen molar-refractivity contribution in [2.75, 3.05) is 0 Å². The number of nitrogens with zero attached hydrogens (tertiary/aromatic N) is 4. The lowest BCUT2D eigenvalue weighted by Crippen LogP contribution is -2.41. The highest BCUT2D eigenvalue weighted by molar-refractivity contribution is 6.02. The number of imidazole rings is 2. The number of rotatable bonds is 1. The molecule has 0 saturated heterocycles. The first-order chi connectivity index (χ1) is 17.2. The molecule has 0 unspecified atom stereocenters. The molecule has 0 atom stereocenters. The van der Waals surface area contributed by atoms with Crippen molar-refractivity contribution < 1.29 is 4.57 Å². The molecule has 178 valence electrons. The van der Waals surface area contributed by atoms with Crippen LogP contribution in [0, 0.1) is 27.7 Å². The summed E-state index contributed by atoms with van der Waals surface area (Å²) in [7, 11) is 2.20. The lowest BCUT2D eigenvalue weighted by molar-refractivity contribution is -0.661. The minimum absolute atomic E-state index is 0.325.